The second-order valence-electron chi connectivity index (χ2n) is 9.32. The van der Waals surface area contributed by atoms with Gasteiger partial charge in [-0.3, -0.25) is 4.98 Å². The molecule has 2 aromatic rings. The molecule has 1 N–H and O–H groups in total. The maximum absolute atomic E-state index is 12.5. The second-order valence-corrected chi connectivity index (χ2v) is 9.76. The fraction of sp³-hybridized carbons (Fsp3) is 0.440. The highest BCUT2D eigenvalue weighted by atomic mass is 35.5. The summed E-state index contributed by atoms with van der Waals surface area (Å²) in [4.78, 5) is 19.1. The van der Waals surface area contributed by atoms with Crippen molar-refractivity contribution in [2.24, 2.45) is 5.92 Å². The zero-order chi connectivity index (χ0) is 22.2. The van der Waals surface area contributed by atoms with Gasteiger partial charge in [0.25, 0.3) is 0 Å². The monoisotopic (exact) mass is 440 g/mol. The lowest BCUT2D eigenvalue weighted by Crippen LogP contribution is -2.42. The number of likely N-dealkylation sites (tertiary alicyclic amines) is 1. The Hall–Kier alpha value is -2.37. The number of carbonyl (C=O) groups is 1. The summed E-state index contributed by atoms with van der Waals surface area (Å²) in [6.45, 7) is 6.91. The van der Waals surface area contributed by atoms with Crippen LogP contribution in [-0.2, 0) is 4.74 Å². The van der Waals surface area contributed by atoms with E-state index in [1.807, 2.05) is 57.3 Å². The van der Waals surface area contributed by atoms with Crippen molar-refractivity contribution in [3.63, 3.8) is 0 Å². The number of benzene rings is 1. The van der Waals surface area contributed by atoms with Gasteiger partial charge in [-0.25, -0.2) is 4.79 Å². The zero-order valence-corrected chi connectivity index (χ0v) is 19.0. The number of hydrogen-bond donors (Lipinski definition) is 1. The topological polar surface area (TPSA) is 62.7 Å². The Labute approximate surface area is 188 Å². The predicted octanol–water partition coefficient (Wildman–Crippen LogP) is 5.36. The maximum Gasteiger partial charge on any atom is 0.410 e. The van der Waals surface area contributed by atoms with E-state index in [4.69, 9.17) is 21.3 Å². The molecule has 0 spiro atoms. The number of halogens is 1. The minimum Gasteiger partial charge on any atom is -0.444 e. The molecule has 6 heteroatoms. The number of aliphatic hydroxyl groups excluding tert-OH is 1. The molecule has 1 fully saturated rings. The molecule has 31 heavy (non-hydrogen) atoms. The average Bonchev–Trinajstić information content (AvgIpc) is 2.86. The molecule has 0 saturated carbocycles. The molecular weight excluding hydrogens is 412 g/mol. The van der Waals surface area contributed by atoms with Crippen molar-refractivity contribution in [3.05, 3.63) is 63.9 Å². The van der Waals surface area contributed by atoms with Crippen molar-refractivity contribution in [3.8, 4) is 0 Å². The van der Waals surface area contributed by atoms with Gasteiger partial charge < -0.3 is 14.7 Å². The van der Waals surface area contributed by atoms with Crippen LogP contribution in [0.15, 0.2) is 36.5 Å². The first kappa shape index (κ1) is 21.8. The SMILES string of the molecule is CC(C)(C)OC(=O)N1CCC(C2c3ccc(Cl)cc3C=C(CO)c3cccnc32)CC1. The molecular formula is C25H29ClN2O3. The average molecular weight is 441 g/mol. The molecule has 0 bridgehead atoms. The Morgan fingerprint density at radius 3 is 2.68 bits per heavy atom. The molecule has 2 heterocycles. The highest BCUT2D eigenvalue weighted by molar-refractivity contribution is 6.30. The van der Waals surface area contributed by atoms with Crippen LogP contribution in [0.1, 0.15) is 61.9 Å². The van der Waals surface area contributed by atoms with E-state index in [0.717, 1.165) is 35.2 Å². The van der Waals surface area contributed by atoms with Gasteiger partial charge in [-0.15, -0.1) is 0 Å². The van der Waals surface area contributed by atoms with Crippen LogP contribution in [0.2, 0.25) is 5.02 Å². The smallest absolute Gasteiger partial charge is 0.410 e. The Morgan fingerprint density at radius 2 is 2.00 bits per heavy atom. The van der Waals surface area contributed by atoms with Gasteiger partial charge in [0.1, 0.15) is 5.60 Å². The third-order valence-electron chi connectivity index (χ3n) is 6.03. The summed E-state index contributed by atoms with van der Waals surface area (Å²) in [5.41, 5.74) is 4.51. The van der Waals surface area contributed by atoms with Crippen molar-refractivity contribution < 1.29 is 14.6 Å². The number of rotatable bonds is 2. The summed E-state index contributed by atoms with van der Waals surface area (Å²) in [6, 6.07) is 9.90. The number of aromatic nitrogens is 1. The Bertz CT molecular complexity index is 1000. The largest absolute Gasteiger partial charge is 0.444 e. The number of aliphatic hydroxyl groups is 1. The quantitative estimate of drug-likeness (QED) is 0.682. The summed E-state index contributed by atoms with van der Waals surface area (Å²) in [5, 5.41) is 10.7. The Morgan fingerprint density at radius 1 is 1.26 bits per heavy atom. The summed E-state index contributed by atoms with van der Waals surface area (Å²) < 4.78 is 5.56. The summed E-state index contributed by atoms with van der Waals surface area (Å²) in [5.74, 6) is 0.392. The molecule has 1 aliphatic carbocycles. The van der Waals surface area contributed by atoms with E-state index in [2.05, 4.69) is 6.07 Å². The number of piperidine rings is 1. The van der Waals surface area contributed by atoms with Crippen LogP contribution < -0.4 is 0 Å². The molecule has 1 unspecified atom stereocenters. The molecule has 164 valence electrons. The Balaban J connectivity index is 1.66. The van der Waals surface area contributed by atoms with E-state index in [9.17, 15) is 9.90 Å². The number of nitrogens with zero attached hydrogens (tertiary/aromatic N) is 2. The number of ether oxygens (including phenoxy) is 1. The van der Waals surface area contributed by atoms with E-state index in [0.29, 0.717) is 24.0 Å². The molecule has 1 atom stereocenters. The van der Waals surface area contributed by atoms with Crippen molar-refractivity contribution >= 4 is 29.3 Å². The first-order valence-corrected chi connectivity index (χ1v) is 11.2. The molecule has 5 nitrogen and oxygen atoms in total. The van der Waals surface area contributed by atoms with Gasteiger partial charge in [-0.2, -0.15) is 0 Å². The molecule has 1 aromatic heterocycles. The van der Waals surface area contributed by atoms with Crippen molar-refractivity contribution in [1.29, 1.82) is 0 Å². The van der Waals surface area contributed by atoms with Crippen LogP contribution in [0.4, 0.5) is 4.79 Å². The summed E-state index contributed by atoms with van der Waals surface area (Å²) in [6.07, 6.45) is 5.31. The highest BCUT2D eigenvalue weighted by Gasteiger charge is 2.36. The van der Waals surface area contributed by atoms with E-state index < -0.39 is 5.60 Å². The van der Waals surface area contributed by atoms with Gasteiger partial charge in [-0.1, -0.05) is 23.7 Å². The fourth-order valence-corrected chi connectivity index (χ4v) is 4.83. The van der Waals surface area contributed by atoms with Crippen LogP contribution >= 0.6 is 11.6 Å². The number of fused-ring (bicyclic) bond motifs is 2. The van der Waals surface area contributed by atoms with Crippen LogP contribution in [0.3, 0.4) is 0 Å². The molecule has 1 aliphatic heterocycles. The standard InChI is InChI=1S/C25H29ClN2O3/c1-25(2,3)31-24(30)28-11-8-16(9-12-28)22-20-7-6-19(26)14-17(20)13-18(15-29)21-5-4-10-27-23(21)22/h4-7,10,13-14,16,22,29H,8-9,11-12,15H2,1-3H3. The first-order valence-electron chi connectivity index (χ1n) is 10.8. The molecule has 4 rings (SSSR count). The first-order chi connectivity index (χ1) is 14.8. The van der Waals surface area contributed by atoms with E-state index in [1.165, 1.54) is 5.56 Å². The Kier molecular flexibility index (Phi) is 6.09. The minimum atomic E-state index is -0.497. The van der Waals surface area contributed by atoms with Gasteiger partial charge in [0, 0.05) is 35.8 Å². The van der Waals surface area contributed by atoms with Gasteiger partial charge in [0.2, 0.25) is 0 Å². The van der Waals surface area contributed by atoms with Crippen LogP contribution in [0, 0.1) is 5.92 Å². The van der Waals surface area contributed by atoms with Crippen molar-refractivity contribution in [2.75, 3.05) is 19.7 Å². The lowest BCUT2D eigenvalue weighted by molar-refractivity contribution is 0.0178. The highest BCUT2D eigenvalue weighted by Crippen LogP contribution is 2.44. The number of amides is 1. The van der Waals surface area contributed by atoms with Gasteiger partial charge >= 0.3 is 6.09 Å². The van der Waals surface area contributed by atoms with E-state index in [1.54, 1.807) is 4.90 Å². The third kappa shape index (κ3) is 4.63. The summed E-state index contributed by atoms with van der Waals surface area (Å²) >= 11 is 6.31. The van der Waals surface area contributed by atoms with Crippen molar-refractivity contribution in [1.82, 2.24) is 9.88 Å². The third-order valence-corrected chi connectivity index (χ3v) is 6.26. The van der Waals surface area contributed by atoms with Crippen LogP contribution in [0.5, 0.6) is 0 Å². The van der Waals surface area contributed by atoms with E-state index in [-0.39, 0.29) is 18.6 Å². The molecule has 2 aliphatic rings. The van der Waals surface area contributed by atoms with E-state index >= 15 is 0 Å². The molecule has 0 radical (unpaired) electrons. The lowest BCUT2D eigenvalue weighted by atomic mass is 9.76. The molecule has 1 amide bonds. The zero-order valence-electron chi connectivity index (χ0n) is 18.3. The molecule has 1 saturated heterocycles. The second kappa shape index (κ2) is 8.64. The number of hydrogen-bond acceptors (Lipinski definition) is 4. The number of pyridine rings is 1. The normalized spacial score (nSPS) is 19.2. The van der Waals surface area contributed by atoms with Crippen LogP contribution in [-0.4, -0.2) is 46.4 Å². The van der Waals surface area contributed by atoms with Gasteiger partial charge in [0.05, 0.1) is 12.3 Å². The summed E-state index contributed by atoms with van der Waals surface area (Å²) in [7, 11) is 0. The van der Waals surface area contributed by atoms with Crippen LogP contribution in [0.25, 0.3) is 11.6 Å². The predicted molar refractivity (Wildman–Crippen MR) is 123 cm³/mol. The van der Waals surface area contributed by atoms with Gasteiger partial charge in [0.15, 0.2) is 0 Å². The molecule has 1 aromatic carbocycles. The lowest BCUT2D eigenvalue weighted by Gasteiger charge is -2.37. The van der Waals surface area contributed by atoms with Gasteiger partial charge in [-0.05, 0) is 80.5 Å². The van der Waals surface area contributed by atoms with Crippen molar-refractivity contribution in [2.45, 2.75) is 45.1 Å². The minimum absolute atomic E-state index is 0.0611. The maximum atomic E-state index is 12.5. The number of carbonyl (C=O) groups excluding carboxylic acids is 1. The fourth-order valence-electron chi connectivity index (χ4n) is 4.65.